The Bertz CT molecular complexity index is 468. The van der Waals surface area contributed by atoms with E-state index in [0.29, 0.717) is 12.1 Å². The van der Waals surface area contributed by atoms with E-state index >= 15 is 0 Å². The predicted molar refractivity (Wildman–Crippen MR) is 63.4 cm³/mol. The van der Waals surface area contributed by atoms with Crippen LogP contribution in [0.5, 0.6) is 0 Å². The van der Waals surface area contributed by atoms with Gasteiger partial charge in [0, 0.05) is 18.9 Å². The second kappa shape index (κ2) is 4.81. The lowest BCUT2D eigenvalue weighted by atomic mass is 10.1. The number of H-pyrrole nitrogens is 1. The van der Waals surface area contributed by atoms with Gasteiger partial charge in [-0.15, -0.1) is 0 Å². The minimum Gasteiger partial charge on any atom is -0.479 e. The number of hydrogen-bond donors (Lipinski definition) is 2. The maximum Gasteiger partial charge on any atom is 0.334 e. The minimum absolute atomic E-state index is 0.0864. The Hall–Kier alpha value is -1.82. The molecule has 1 fully saturated rings. The van der Waals surface area contributed by atoms with Gasteiger partial charge in [0.2, 0.25) is 0 Å². The number of carboxylic acid groups (broad SMARTS) is 1. The average molecular weight is 252 g/mol. The summed E-state index contributed by atoms with van der Waals surface area (Å²) in [7, 11) is 0. The molecular weight excluding hydrogens is 236 g/mol. The summed E-state index contributed by atoms with van der Waals surface area (Å²) in [6.45, 7) is 4.10. The summed E-state index contributed by atoms with van der Waals surface area (Å²) in [5.41, 5.74) is 1.43. The number of aryl methyl sites for hydroxylation is 1. The number of hydrogen-bond acceptors (Lipinski definition) is 3. The lowest BCUT2D eigenvalue weighted by Gasteiger charge is -2.34. The molecule has 98 valence electrons. The maximum atomic E-state index is 12.3. The minimum atomic E-state index is -1.04. The van der Waals surface area contributed by atoms with Gasteiger partial charge in [-0.3, -0.25) is 4.79 Å². The van der Waals surface area contributed by atoms with Gasteiger partial charge in [0.15, 0.2) is 6.10 Å². The van der Waals surface area contributed by atoms with E-state index in [-0.39, 0.29) is 18.6 Å². The van der Waals surface area contributed by atoms with Gasteiger partial charge in [0.25, 0.3) is 5.91 Å². The molecule has 1 amide bonds. The highest BCUT2D eigenvalue weighted by molar-refractivity contribution is 5.95. The molecule has 0 bridgehead atoms. The fraction of sp³-hybridized carbons (Fsp3) is 0.500. The summed E-state index contributed by atoms with van der Waals surface area (Å²) in [6, 6.07) is 0. The molecule has 0 aliphatic carbocycles. The number of nitrogens with zero attached hydrogens (tertiary/aromatic N) is 1. The predicted octanol–water partition coefficient (Wildman–Crippen LogP) is 0.637. The molecule has 2 N–H and O–H groups in total. The van der Waals surface area contributed by atoms with Crippen LogP contribution in [0.3, 0.4) is 0 Å². The lowest BCUT2D eigenvalue weighted by Crippen LogP contribution is -2.51. The molecule has 1 aromatic heterocycles. The van der Waals surface area contributed by atoms with Gasteiger partial charge < -0.3 is 19.7 Å². The standard InChI is InChI=1S/C12H16N2O4/c1-7-3-13-4-9(7)11(15)14-5-8(2)18-10(6-14)12(16)17/h3-4,8,10,13H,5-6H2,1-2H3,(H,16,17)/t8-,10?/m1/s1. The lowest BCUT2D eigenvalue weighted by molar-refractivity contribution is -0.160. The highest BCUT2D eigenvalue weighted by atomic mass is 16.5. The maximum absolute atomic E-state index is 12.3. The van der Waals surface area contributed by atoms with Crippen LogP contribution < -0.4 is 0 Å². The molecule has 2 atom stereocenters. The van der Waals surface area contributed by atoms with Crippen LogP contribution in [0.1, 0.15) is 22.8 Å². The number of carbonyl (C=O) groups is 2. The van der Waals surface area contributed by atoms with Crippen LogP contribution in [-0.2, 0) is 9.53 Å². The Morgan fingerprint density at radius 2 is 2.17 bits per heavy atom. The summed E-state index contributed by atoms with van der Waals surface area (Å²) in [5, 5.41) is 8.97. The molecule has 1 aromatic rings. The van der Waals surface area contributed by atoms with Gasteiger partial charge in [-0.2, -0.15) is 0 Å². The van der Waals surface area contributed by atoms with Crippen molar-refractivity contribution in [3.63, 3.8) is 0 Å². The van der Waals surface area contributed by atoms with Crippen molar-refractivity contribution in [1.82, 2.24) is 9.88 Å². The fourth-order valence-corrected chi connectivity index (χ4v) is 2.10. The van der Waals surface area contributed by atoms with Crippen LogP contribution >= 0.6 is 0 Å². The zero-order chi connectivity index (χ0) is 13.3. The van der Waals surface area contributed by atoms with E-state index in [4.69, 9.17) is 9.84 Å². The molecule has 6 nitrogen and oxygen atoms in total. The summed E-state index contributed by atoms with van der Waals surface area (Å²) < 4.78 is 5.27. The number of carbonyl (C=O) groups excluding carboxylic acids is 1. The van der Waals surface area contributed by atoms with Crippen LogP contribution in [0.4, 0.5) is 0 Å². The Balaban J connectivity index is 2.15. The van der Waals surface area contributed by atoms with Gasteiger partial charge in [-0.05, 0) is 19.4 Å². The van der Waals surface area contributed by atoms with Gasteiger partial charge >= 0.3 is 5.97 Å². The first-order chi connectivity index (χ1) is 8.49. The molecule has 2 heterocycles. The van der Waals surface area contributed by atoms with Gasteiger partial charge in [0.1, 0.15) is 0 Å². The number of aromatic amines is 1. The first-order valence-electron chi connectivity index (χ1n) is 5.80. The van der Waals surface area contributed by atoms with Crippen LogP contribution in [-0.4, -0.2) is 52.2 Å². The third-order valence-corrected chi connectivity index (χ3v) is 3.01. The summed E-state index contributed by atoms with van der Waals surface area (Å²) in [5.74, 6) is -1.19. The van der Waals surface area contributed by atoms with Crippen molar-refractivity contribution in [2.45, 2.75) is 26.1 Å². The summed E-state index contributed by atoms with van der Waals surface area (Å²) in [4.78, 5) is 27.6. The van der Waals surface area contributed by atoms with Gasteiger partial charge in [-0.25, -0.2) is 4.79 Å². The van der Waals surface area contributed by atoms with E-state index in [2.05, 4.69) is 4.98 Å². The molecule has 0 spiro atoms. The molecule has 0 aromatic carbocycles. The number of carboxylic acids is 1. The van der Waals surface area contributed by atoms with Crippen LogP contribution in [0.2, 0.25) is 0 Å². The van der Waals surface area contributed by atoms with E-state index in [9.17, 15) is 9.59 Å². The molecule has 1 saturated heterocycles. The number of nitrogens with one attached hydrogen (secondary N) is 1. The Kier molecular flexibility index (Phi) is 3.38. The highest BCUT2D eigenvalue weighted by Gasteiger charge is 2.33. The highest BCUT2D eigenvalue weighted by Crippen LogP contribution is 2.16. The first-order valence-corrected chi connectivity index (χ1v) is 5.80. The van der Waals surface area contributed by atoms with E-state index < -0.39 is 12.1 Å². The fourth-order valence-electron chi connectivity index (χ4n) is 2.10. The number of aromatic nitrogens is 1. The van der Waals surface area contributed by atoms with Crippen molar-refractivity contribution < 1.29 is 19.4 Å². The molecule has 2 rings (SSSR count). The topological polar surface area (TPSA) is 82.6 Å². The quantitative estimate of drug-likeness (QED) is 0.809. The van der Waals surface area contributed by atoms with E-state index in [1.54, 1.807) is 19.3 Å². The van der Waals surface area contributed by atoms with Crippen LogP contribution in [0.15, 0.2) is 12.4 Å². The molecule has 1 aliphatic heterocycles. The van der Waals surface area contributed by atoms with Crippen LogP contribution in [0, 0.1) is 6.92 Å². The molecule has 1 unspecified atom stereocenters. The van der Waals surface area contributed by atoms with E-state index in [0.717, 1.165) is 5.56 Å². The second-order valence-electron chi connectivity index (χ2n) is 4.54. The number of amides is 1. The zero-order valence-corrected chi connectivity index (χ0v) is 10.3. The Labute approximate surface area is 105 Å². The largest absolute Gasteiger partial charge is 0.479 e. The summed E-state index contributed by atoms with van der Waals surface area (Å²) in [6.07, 6.45) is 2.15. The monoisotopic (exact) mass is 252 g/mol. The van der Waals surface area contributed by atoms with E-state index in [1.165, 1.54) is 4.90 Å². The number of ether oxygens (including phenoxy) is 1. The zero-order valence-electron chi connectivity index (χ0n) is 10.3. The Morgan fingerprint density at radius 3 is 2.72 bits per heavy atom. The number of rotatable bonds is 2. The second-order valence-corrected chi connectivity index (χ2v) is 4.54. The summed E-state index contributed by atoms with van der Waals surface area (Å²) >= 11 is 0. The number of morpholine rings is 1. The third kappa shape index (κ3) is 2.38. The molecule has 0 saturated carbocycles. The van der Waals surface area contributed by atoms with Gasteiger partial charge in [-0.1, -0.05) is 0 Å². The number of aliphatic carboxylic acids is 1. The molecular formula is C12H16N2O4. The van der Waals surface area contributed by atoms with E-state index in [1.807, 2.05) is 6.92 Å². The van der Waals surface area contributed by atoms with Crippen molar-refractivity contribution in [1.29, 1.82) is 0 Å². The van der Waals surface area contributed by atoms with Crippen molar-refractivity contribution in [2.75, 3.05) is 13.1 Å². The van der Waals surface area contributed by atoms with Crippen molar-refractivity contribution in [3.8, 4) is 0 Å². The normalized spacial score (nSPS) is 24.0. The van der Waals surface area contributed by atoms with Crippen molar-refractivity contribution in [2.24, 2.45) is 0 Å². The van der Waals surface area contributed by atoms with Crippen molar-refractivity contribution >= 4 is 11.9 Å². The average Bonchev–Trinajstić information content (AvgIpc) is 2.73. The molecule has 1 aliphatic rings. The third-order valence-electron chi connectivity index (χ3n) is 3.01. The van der Waals surface area contributed by atoms with Crippen molar-refractivity contribution in [3.05, 3.63) is 23.5 Å². The SMILES string of the molecule is Cc1c[nH]cc1C(=O)N1CC(C(=O)O)O[C@H](C)C1. The molecule has 6 heteroatoms. The van der Waals surface area contributed by atoms with Crippen LogP contribution in [0.25, 0.3) is 0 Å². The first kappa shape index (κ1) is 12.6. The Morgan fingerprint density at radius 1 is 1.44 bits per heavy atom. The molecule has 0 radical (unpaired) electrons. The van der Waals surface area contributed by atoms with Gasteiger partial charge in [0.05, 0.1) is 18.2 Å². The smallest absolute Gasteiger partial charge is 0.334 e. The molecule has 18 heavy (non-hydrogen) atoms.